The zero-order valence-electron chi connectivity index (χ0n) is 13.4. The summed E-state index contributed by atoms with van der Waals surface area (Å²) in [6.07, 6.45) is -0.384. The van der Waals surface area contributed by atoms with Crippen molar-refractivity contribution < 1.29 is 14.3 Å². The number of ether oxygens (including phenoxy) is 2. The van der Waals surface area contributed by atoms with E-state index in [9.17, 15) is 4.79 Å². The Bertz CT molecular complexity index is 654. The fourth-order valence-electron chi connectivity index (χ4n) is 2.43. The van der Waals surface area contributed by atoms with Gasteiger partial charge in [-0.3, -0.25) is 4.79 Å². The molecule has 1 aliphatic heterocycles. The van der Waals surface area contributed by atoms with Gasteiger partial charge in [-0.2, -0.15) is 0 Å². The average molecular weight is 369 g/mol. The number of hydrogen-bond donors (Lipinski definition) is 2. The van der Waals surface area contributed by atoms with E-state index in [1.54, 1.807) is 18.4 Å². The van der Waals surface area contributed by atoms with E-state index in [-0.39, 0.29) is 24.4 Å². The maximum Gasteiger partial charge on any atom is 0.250 e. The third-order valence-electron chi connectivity index (χ3n) is 3.73. The van der Waals surface area contributed by atoms with Gasteiger partial charge in [-0.05, 0) is 34.7 Å². The Morgan fingerprint density at radius 1 is 1.38 bits per heavy atom. The van der Waals surface area contributed by atoms with Crippen molar-refractivity contribution in [3.63, 3.8) is 0 Å². The van der Waals surface area contributed by atoms with Gasteiger partial charge < -0.3 is 20.1 Å². The molecule has 1 atom stereocenters. The fraction of sp³-hybridized carbons (Fsp3) is 0.353. The fourth-order valence-corrected chi connectivity index (χ4v) is 3.26. The minimum Gasteiger partial charge on any atom is -0.497 e. The number of benzene rings is 1. The summed E-state index contributed by atoms with van der Waals surface area (Å²) in [5, 5.41) is 8.19. The van der Waals surface area contributed by atoms with Gasteiger partial charge in [-0.15, -0.1) is 23.7 Å². The topological polar surface area (TPSA) is 59.6 Å². The van der Waals surface area contributed by atoms with Gasteiger partial charge in [-0.1, -0.05) is 12.1 Å². The molecule has 2 heterocycles. The van der Waals surface area contributed by atoms with E-state index in [0.29, 0.717) is 19.7 Å². The first-order valence-corrected chi connectivity index (χ1v) is 8.46. The van der Waals surface area contributed by atoms with Gasteiger partial charge >= 0.3 is 0 Å². The summed E-state index contributed by atoms with van der Waals surface area (Å²) in [4.78, 5) is 13.2. The third kappa shape index (κ3) is 4.70. The Hall–Kier alpha value is -1.60. The highest BCUT2D eigenvalue weighted by Crippen LogP contribution is 2.27. The van der Waals surface area contributed by atoms with E-state index >= 15 is 0 Å². The van der Waals surface area contributed by atoms with Crippen LogP contribution in [-0.2, 0) is 16.1 Å². The summed E-state index contributed by atoms with van der Waals surface area (Å²) in [6, 6.07) is 10.1. The van der Waals surface area contributed by atoms with Crippen LogP contribution >= 0.6 is 23.7 Å². The normalized spacial score (nSPS) is 17.0. The summed E-state index contributed by atoms with van der Waals surface area (Å²) in [5.41, 5.74) is 2.29. The zero-order valence-corrected chi connectivity index (χ0v) is 15.0. The minimum atomic E-state index is -0.384. The first-order valence-electron chi connectivity index (χ1n) is 7.58. The van der Waals surface area contributed by atoms with Gasteiger partial charge in [0.2, 0.25) is 0 Å². The van der Waals surface area contributed by atoms with Crippen molar-refractivity contribution in [1.82, 2.24) is 10.6 Å². The van der Waals surface area contributed by atoms with Crippen LogP contribution in [0.5, 0.6) is 5.75 Å². The van der Waals surface area contributed by atoms with Crippen LogP contribution in [0.25, 0.3) is 11.1 Å². The summed E-state index contributed by atoms with van der Waals surface area (Å²) in [5.74, 6) is 0.786. The number of morpholine rings is 1. The predicted molar refractivity (Wildman–Crippen MR) is 98.0 cm³/mol. The van der Waals surface area contributed by atoms with Crippen LogP contribution in [0.15, 0.2) is 35.7 Å². The summed E-state index contributed by atoms with van der Waals surface area (Å²) >= 11 is 1.64. The smallest absolute Gasteiger partial charge is 0.250 e. The van der Waals surface area contributed by atoms with Crippen molar-refractivity contribution in [3.05, 3.63) is 40.6 Å². The van der Waals surface area contributed by atoms with Crippen molar-refractivity contribution in [3.8, 4) is 16.9 Å². The lowest BCUT2D eigenvalue weighted by molar-refractivity contribution is -0.134. The Kier molecular flexibility index (Phi) is 7.05. The maximum absolute atomic E-state index is 12.0. The maximum atomic E-state index is 12.0. The number of methoxy groups -OCH3 is 1. The second-order valence-electron chi connectivity index (χ2n) is 5.31. The standard InChI is InChI=1S/C17H20N2O3S.ClH/c1-21-14-4-2-12(3-5-14)13-8-15(23-11-13)9-19-17(20)16-10-18-6-7-22-16;/h2-5,8,11,16,18H,6-7,9-10H2,1H3,(H,19,20);1H. The van der Waals surface area contributed by atoms with Crippen LogP contribution in [0, 0.1) is 0 Å². The van der Waals surface area contributed by atoms with Crippen molar-refractivity contribution in [1.29, 1.82) is 0 Å². The number of nitrogens with one attached hydrogen (secondary N) is 2. The van der Waals surface area contributed by atoms with E-state index in [0.717, 1.165) is 28.3 Å². The summed E-state index contributed by atoms with van der Waals surface area (Å²) in [7, 11) is 1.66. The van der Waals surface area contributed by atoms with Crippen molar-refractivity contribution in [2.45, 2.75) is 12.6 Å². The average Bonchev–Trinajstić information content (AvgIpc) is 3.09. The van der Waals surface area contributed by atoms with Gasteiger partial charge in [0.25, 0.3) is 5.91 Å². The summed E-state index contributed by atoms with van der Waals surface area (Å²) in [6.45, 7) is 2.49. The van der Waals surface area contributed by atoms with Gasteiger partial charge in [0.15, 0.2) is 0 Å². The lowest BCUT2D eigenvalue weighted by atomic mass is 10.1. The number of rotatable bonds is 5. The largest absolute Gasteiger partial charge is 0.497 e. The number of amides is 1. The number of hydrogen-bond acceptors (Lipinski definition) is 5. The zero-order chi connectivity index (χ0) is 16.1. The van der Waals surface area contributed by atoms with Crippen molar-refractivity contribution >= 4 is 29.7 Å². The molecule has 1 fully saturated rings. The first kappa shape index (κ1) is 18.7. The van der Waals surface area contributed by atoms with Gasteiger partial charge in [-0.25, -0.2) is 0 Å². The highest BCUT2D eigenvalue weighted by Gasteiger charge is 2.21. The minimum absolute atomic E-state index is 0. The van der Waals surface area contributed by atoms with Gasteiger partial charge in [0.1, 0.15) is 11.9 Å². The van der Waals surface area contributed by atoms with Crippen molar-refractivity contribution in [2.75, 3.05) is 26.8 Å². The lowest BCUT2D eigenvalue weighted by Gasteiger charge is -2.22. The Morgan fingerprint density at radius 3 is 2.83 bits per heavy atom. The number of carbonyl (C=O) groups is 1. The molecule has 1 aromatic carbocycles. The van der Waals surface area contributed by atoms with E-state index in [2.05, 4.69) is 22.1 Å². The number of halogens is 1. The molecule has 1 saturated heterocycles. The van der Waals surface area contributed by atoms with E-state index in [4.69, 9.17) is 9.47 Å². The molecule has 1 amide bonds. The molecule has 130 valence electrons. The molecular formula is C17H21ClN2O3S. The van der Waals surface area contributed by atoms with E-state index < -0.39 is 0 Å². The third-order valence-corrected chi connectivity index (χ3v) is 4.67. The molecule has 0 radical (unpaired) electrons. The molecule has 5 nitrogen and oxygen atoms in total. The predicted octanol–water partition coefficient (Wildman–Crippen LogP) is 2.45. The van der Waals surface area contributed by atoms with Crippen LogP contribution in [0.4, 0.5) is 0 Å². The second kappa shape index (κ2) is 9.03. The second-order valence-corrected chi connectivity index (χ2v) is 6.31. The highest BCUT2D eigenvalue weighted by molar-refractivity contribution is 7.10. The van der Waals surface area contributed by atoms with E-state index in [1.165, 1.54) is 0 Å². The molecule has 1 aromatic heterocycles. The van der Waals surface area contributed by atoms with Gasteiger partial charge in [0.05, 0.1) is 20.3 Å². The lowest BCUT2D eigenvalue weighted by Crippen LogP contribution is -2.47. The van der Waals surface area contributed by atoms with Crippen LogP contribution < -0.4 is 15.4 Å². The Balaban J connectivity index is 0.00000208. The highest BCUT2D eigenvalue weighted by atomic mass is 35.5. The molecule has 2 aromatic rings. The Morgan fingerprint density at radius 2 is 2.17 bits per heavy atom. The molecule has 24 heavy (non-hydrogen) atoms. The number of carbonyl (C=O) groups excluding carboxylic acids is 1. The summed E-state index contributed by atoms with van der Waals surface area (Å²) < 4.78 is 10.6. The number of thiophene rings is 1. The van der Waals surface area contributed by atoms with Crippen molar-refractivity contribution in [2.24, 2.45) is 0 Å². The molecule has 3 rings (SSSR count). The van der Waals surface area contributed by atoms with Crippen LogP contribution in [0.1, 0.15) is 4.88 Å². The molecule has 0 spiro atoms. The first-order chi connectivity index (χ1) is 11.3. The van der Waals surface area contributed by atoms with Crippen LogP contribution in [-0.4, -0.2) is 38.8 Å². The molecule has 0 saturated carbocycles. The molecule has 2 N–H and O–H groups in total. The molecule has 0 bridgehead atoms. The van der Waals surface area contributed by atoms with Gasteiger partial charge in [0, 0.05) is 18.0 Å². The molecule has 1 unspecified atom stereocenters. The molecular weight excluding hydrogens is 348 g/mol. The molecule has 7 heteroatoms. The molecule has 0 aliphatic carbocycles. The SMILES string of the molecule is COc1ccc(-c2csc(CNC(=O)C3CNCCO3)c2)cc1.Cl. The quantitative estimate of drug-likeness (QED) is 0.851. The Labute approximate surface area is 151 Å². The van der Waals surface area contributed by atoms with E-state index in [1.807, 2.05) is 24.3 Å². The monoisotopic (exact) mass is 368 g/mol. The van der Waals surface area contributed by atoms with Crippen LogP contribution in [0.3, 0.4) is 0 Å². The van der Waals surface area contributed by atoms with Crippen LogP contribution in [0.2, 0.25) is 0 Å². The molecule has 1 aliphatic rings.